The zero-order valence-corrected chi connectivity index (χ0v) is 11.8. The van der Waals surface area contributed by atoms with Gasteiger partial charge in [0, 0.05) is 24.2 Å². The first-order chi connectivity index (χ1) is 9.20. The number of thiazole rings is 1. The number of hydrogen-bond acceptors (Lipinski definition) is 4. The van der Waals surface area contributed by atoms with E-state index in [1.54, 1.807) is 6.20 Å². The molecule has 0 radical (unpaired) electrons. The van der Waals surface area contributed by atoms with Gasteiger partial charge >= 0.3 is 12.1 Å². The van der Waals surface area contributed by atoms with Gasteiger partial charge in [-0.3, -0.25) is 4.79 Å². The first-order valence-electron chi connectivity index (χ1n) is 6.20. The molecule has 112 valence electrons. The highest BCUT2D eigenvalue weighted by atomic mass is 32.1. The lowest BCUT2D eigenvalue weighted by Gasteiger charge is -2.17. The van der Waals surface area contributed by atoms with Gasteiger partial charge in [0.25, 0.3) is 0 Å². The molecular weight excluding hydrogens is 293 g/mol. The lowest BCUT2D eigenvalue weighted by Crippen LogP contribution is -2.33. The summed E-state index contributed by atoms with van der Waals surface area (Å²) in [4.78, 5) is 17.5. The van der Waals surface area contributed by atoms with Crippen LogP contribution in [0.4, 0.5) is 18.3 Å². The highest BCUT2D eigenvalue weighted by Gasteiger charge is 2.53. The Hall–Kier alpha value is -1.31. The smallest absolute Gasteiger partial charge is 0.394 e. The largest absolute Gasteiger partial charge is 0.481 e. The third-order valence-electron chi connectivity index (χ3n) is 3.41. The second-order valence-electron chi connectivity index (χ2n) is 5.20. The van der Waals surface area contributed by atoms with Crippen LogP contribution in [-0.4, -0.2) is 35.3 Å². The van der Waals surface area contributed by atoms with Gasteiger partial charge in [-0.05, 0) is 5.92 Å². The van der Waals surface area contributed by atoms with Crippen LogP contribution in [0, 0.1) is 11.8 Å². The zero-order valence-electron chi connectivity index (χ0n) is 11.0. The van der Waals surface area contributed by atoms with Crippen molar-refractivity contribution in [1.82, 2.24) is 4.98 Å². The van der Waals surface area contributed by atoms with Crippen LogP contribution in [0.3, 0.4) is 0 Å². The summed E-state index contributed by atoms with van der Waals surface area (Å²) in [7, 11) is 0. The Morgan fingerprint density at radius 2 is 2.15 bits per heavy atom. The van der Waals surface area contributed by atoms with Gasteiger partial charge in [-0.25, -0.2) is 4.98 Å². The minimum atomic E-state index is -4.50. The lowest BCUT2D eigenvalue weighted by molar-refractivity contribution is -0.187. The minimum absolute atomic E-state index is 0.148. The number of nitrogens with zero attached hydrogens (tertiary/aromatic N) is 2. The van der Waals surface area contributed by atoms with E-state index in [2.05, 4.69) is 4.98 Å². The van der Waals surface area contributed by atoms with Crippen molar-refractivity contribution < 1.29 is 23.1 Å². The van der Waals surface area contributed by atoms with Crippen LogP contribution in [0.15, 0.2) is 6.20 Å². The second kappa shape index (κ2) is 5.23. The quantitative estimate of drug-likeness (QED) is 0.933. The van der Waals surface area contributed by atoms with Crippen molar-refractivity contribution in [1.29, 1.82) is 0 Å². The average Bonchev–Trinajstić information content (AvgIpc) is 2.94. The van der Waals surface area contributed by atoms with Crippen LogP contribution in [0.2, 0.25) is 0 Å². The third kappa shape index (κ3) is 2.89. The highest BCUT2D eigenvalue weighted by molar-refractivity contribution is 7.15. The Labute approximate surface area is 118 Å². The van der Waals surface area contributed by atoms with E-state index >= 15 is 0 Å². The number of carbonyl (C=O) groups is 1. The SMILES string of the molecule is CC(C)c1cnc(N2C[C@@H](C(F)(F)F)[C@H](C(=O)O)C2)s1. The highest BCUT2D eigenvalue weighted by Crippen LogP contribution is 2.40. The maximum Gasteiger partial charge on any atom is 0.394 e. The van der Waals surface area contributed by atoms with Gasteiger partial charge in [0.1, 0.15) is 0 Å². The van der Waals surface area contributed by atoms with Crippen molar-refractivity contribution in [3.8, 4) is 0 Å². The van der Waals surface area contributed by atoms with Crippen LogP contribution in [0.25, 0.3) is 0 Å². The van der Waals surface area contributed by atoms with Gasteiger partial charge < -0.3 is 10.0 Å². The predicted molar refractivity (Wildman–Crippen MR) is 69.1 cm³/mol. The number of hydrogen-bond donors (Lipinski definition) is 1. The monoisotopic (exact) mass is 308 g/mol. The molecule has 8 heteroatoms. The molecule has 0 aliphatic carbocycles. The molecule has 1 aliphatic rings. The van der Waals surface area contributed by atoms with Crippen LogP contribution in [-0.2, 0) is 4.79 Å². The molecule has 0 bridgehead atoms. The van der Waals surface area contributed by atoms with Crippen molar-refractivity contribution in [3.63, 3.8) is 0 Å². The predicted octanol–water partition coefficient (Wildman–Crippen LogP) is 2.97. The molecule has 0 spiro atoms. The van der Waals surface area contributed by atoms with Crippen LogP contribution in [0.5, 0.6) is 0 Å². The number of aromatic nitrogens is 1. The molecule has 0 saturated carbocycles. The molecule has 1 aromatic rings. The summed E-state index contributed by atoms with van der Waals surface area (Å²) in [5, 5.41) is 9.43. The molecule has 1 aromatic heterocycles. The first kappa shape index (κ1) is 15.1. The Morgan fingerprint density at radius 3 is 2.55 bits per heavy atom. The molecular formula is C12H15F3N2O2S. The van der Waals surface area contributed by atoms with Gasteiger partial charge in [-0.1, -0.05) is 13.8 Å². The Balaban J connectivity index is 2.21. The summed E-state index contributed by atoms with van der Waals surface area (Å²) in [5.74, 6) is -4.43. The topological polar surface area (TPSA) is 53.4 Å². The summed E-state index contributed by atoms with van der Waals surface area (Å²) >= 11 is 1.32. The van der Waals surface area contributed by atoms with E-state index in [0.717, 1.165) is 4.88 Å². The Kier molecular flexibility index (Phi) is 3.95. The Morgan fingerprint density at radius 1 is 1.50 bits per heavy atom. The van der Waals surface area contributed by atoms with Crippen molar-refractivity contribution in [2.24, 2.45) is 11.8 Å². The molecule has 1 aliphatic heterocycles. The molecule has 0 unspecified atom stereocenters. The van der Waals surface area contributed by atoms with Gasteiger partial charge in [0.2, 0.25) is 0 Å². The van der Waals surface area contributed by atoms with Crippen LogP contribution < -0.4 is 4.90 Å². The normalized spacial score (nSPS) is 23.6. The summed E-state index contributed by atoms with van der Waals surface area (Å²) in [5.41, 5.74) is 0. The fraction of sp³-hybridized carbons (Fsp3) is 0.667. The average molecular weight is 308 g/mol. The van der Waals surface area contributed by atoms with E-state index in [9.17, 15) is 18.0 Å². The summed E-state index contributed by atoms with van der Waals surface area (Å²) in [6.07, 6.45) is -2.86. The molecule has 1 saturated heterocycles. The molecule has 0 amide bonds. The molecule has 0 aromatic carbocycles. The van der Waals surface area contributed by atoms with Crippen LogP contribution >= 0.6 is 11.3 Å². The summed E-state index contributed by atoms with van der Waals surface area (Å²) < 4.78 is 38.7. The maximum atomic E-state index is 12.9. The van der Waals surface area contributed by atoms with Gasteiger partial charge in [0.15, 0.2) is 5.13 Å². The molecule has 20 heavy (non-hydrogen) atoms. The fourth-order valence-corrected chi connectivity index (χ4v) is 3.17. The van der Waals surface area contributed by atoms with Crippen molar-refractivity contribution in [3.05, 3.63) is 11.1 Å². The molecule has 4 nitrogen and oxygen atoms in total. The van der Waals surface area contributed by atoms with Gasteiger partial charge in [-0.2, -0.15) is 13.2 Å². The lowest BCUT2D eigenvalue weighted by atomic mass is 9.96. The number of anilines is 1. The van der Waals surface area contributed by atoms with E-state index < -0.39 is 24.0 Å². The zero-order chi connectivity index (χ0) is 15.1. The molecule has 1 fully saturated rings. The van der Waals surface area contributed by atoms with Crippen molar-refractivity contribution >= 4 is 22.4 Å². The van der Waals surface area contributed by atoms with Crippen molar-refractivity contribution in [2.75, 3.05) is 18.0 Å². The van der Waals surface area contributed by atoms with E-state index in [4.69, 9.17) is 5.11 Å². The van der Waals surface area contributed by atoms with E-state index in [0.29, 0.717) is 5.13 Å². The summed E-state index contributed by atoms with van der Waals surface area (Å²) in [6, 6.07) is 0. The number of halogens is 3. The fourth-order valence-electron chi connectivity index (χ4n) is 2.23. The number of rotatable bonds is 3. The van der Waals surface area contributed by atoms with E-state index in [1.807, 2.05) is 13.8 Å². The molecule has 2 atom stereocenters. The second-order valence-corrected chi connectivity index (χ2v) is 6.24. The summed E-state index contributed by atoms with van der Waals surface area (Å²) in [6.45, 7) is 3.45. The number of carboxylic acid groups (broad SMARTS) is 1. The molecule has 2 rings (SSSR count). The minimum Gasteiger partial charge on any atom is -0.481 e. The van der Waals surface area contributed by atoms with Crippen LogP contribution in [0.1, 0.15) is 24.6 Å². The number of carboxylic acids is 1. The maximum absolute atomic E-state index is 12.9. The number of aliphatic carboxylic acids is 1. The standard InChI is InChI=1S/C12H15F3N2O2S/c1-6(2)9-3-16-11(20-9)17-4-7(10(18)19)8(5-17)12(13,14)15/h3,6-8H,4-5H2,1-2H3,(H,18,19)/t7-,8-/m1/s1. The van der Waals surface area contributed by atoms with E-state index in [-0.39, 0.29) is 19.0 Å². The Bertz CT molecular complexity index is 501. The molecule has 2 heterocycles. The molecule has 1 N–H and O–H groups in total. The first-order valence-corrected chi connectivity index (χ1v) is 7.02. The number of alkyl halides is 3. The van der Waals surface area contributed by atoms with Gasteiger partial charge in [-0.15, -0.1) is 11.3 Å². The third-order valence-corrected chi connectivity index (χ3v) is 4.77. The van der Waals surface area contributed by atoms with Gasteiger partial charge in [0.05, 0.1) is 11.8 Å². The van der Waals surface area contributed by atoms with E-state index in [1.165, 1.54) is 16.2 Å². The van der Waals surface area contributed by atoms with Crippen molar-refractivity contribution in [2.45, 2.75) is 25.9 Å².